The molecule has 0 aliphatic carbocycles. The highest BCUT2D eigenvalue weighted by atomic mass is 19.1. The highest BCUT2D eigenvalue weighted by Gasteiger charge is 2.13. The van der Waals surface area contributed by atoms with Gasteiger partial charge < -0.3 is 20.1 Å². The molecule has 2 N–H and O–H groups in total. The van der Waals surface area contributed by atoms with Crippen LogP contribution in [0.2, 0.25) is 0 Å². The number of rotatable bonds is 6. The molecule has 0 amide bonds. The normalized spacial score (nSPS) is 12.0. The number of nitrogens with zero attached hydrogens (tertiary/aromatic N) is 2. The standard InChI is InChI=1S/C19H17FN4O2/c20-15-4-2-1-3-13(15)7-9-21-19-22-10-8-18(24-19)23-14-5-6-16-17(11-14)26-12-25-16/h1-6,8,10-11H,7,9,12H2,(H2,21,22,23,24). The molecule has 0 atom stereocenters. The zero-order valence-electron chi connectivity index (χ0n) is 13.9. The molecule has 0 fully saturated rings. The van der Waals surface area contributed by atoms with Gasteiger partial charge in [-0.15, -0.1) is 0 Å². The Kier molecular flexibility index (Phi) is 4.51. The van der Waals surface area contributed by atoms with E-state index in [2.05, 4.69) is 20.6 Å². The minimum Gasteiger partial charge on any atom is -0.454 e. The van der Waals surface area contributed by atoms with Crippen molar-refractivity contribution in [3.05, 3.63) is 66.1 Å². The van der Waals surface area contributed by atoms with Gasteiger partial charge in [0.05, 0.1) is 0 Å². The van der Waals surface area contributed by atoms with Crippen molar-refractivity contribution in [1.29, 1.82) is 0 Å². The Hall–Kier alpha value is -3.35. The van der Waals surface area contributed by atoms with Crippen molar-refractivity contribution in [3.63, 3.8) is 0 Å². The van der Waals surface area contributed by atoms with E-state index in [0.29, 0.717) is 36.0 Å². The van der Waals surface area contributed by atoms with Crippen LogP contribution in [0.25, 0.3) is 0 Å². The van der Waals surface area contributed by atoms with Crippen molar-refractivity contribution >= 4 is 17.5 Å². The quantitative estimate of drug-likeness (QED) is 0.704. The zero-order chi connectivity index (χ0) is 17.8. The van der Waals surface area contributed by atoms with E-state index < -0.39 is 0 Å². The van der Waals surface area contributed by atoms with E-state index in [-0.39, 0.29) is 12.6 Å². The second-order valence-electron chi connectivity index (χ2n) is 5.73. The highest BCUT2D eigenvalue weighted by molar-refractivity contribution is 5.62. The summed E-state index contributed by atoms with van der Waals surface area (Å²) < 4.78 is 24.3. The van der Waals surface area contributed by atoms with E-state index in [1.807, 2.05) is 24.3 Å². The van der Waals surface area contributed by atoms with Gasteiger partial charge in [-0.3, -0.25) is 0 Å². The number of fused-ring (bicyclic) bond motifs is 1. The number of hydrogen-bond acceptors (Lipinski definition) is 6. The van der Waals surface area contributed by atoms with Gasteiger partial charge in [0.1, 0.15) is 11.6 Å². The van der Waals surface area contributed by atoms with Gasteiger partial charge in [-0.2, -0.15) is 4.98 Å². The predicted octanol–water partition coefficient (Wildman–Crippen LogP) is 3.74. The SMILES string of the molecule is Fc1ccccc1CCNc1nccc(Nc2ccc3c(c2)OCO3)n1. The Morgan fingerprint density at radius 1 is 1.04 bits per heavy atom. The van der Waals surface area contributed by atoms with Crippen LogP contribution in [0.1, 0.15) is 5.56 Å². The Morgan fingerprint density at radius 3 is 2.85 bits per heavy atom. The molecule has 2 aromatic carbocycles. The maximum Gasteiger partial charge on any atom is 0.231 e. The largest absolute Gasteiger partial charge is 0.454 e. The molecule has 2 heterocycles. The van der Waals surface area contributed by atoms with Crippen LogP contribution in [0.15, 0.2) is 54.7 Å². The van der Waals surface area contributed by atoms with Gasteiger partial charge in [0.15, 0.2) is 11.5 Å². The third-order valence-corrected chi connectivity index (χ3v) is 3.94. The average Bonchev–Trinajstić information content (AvgIpc) is 3.11. The minimum absolute atomic E-state index is 0.201. The van der Waals surface area contributed by atoms with E-state index in [9.17, 15) is 4.39 Å². The first kappa shape index (κ1) is 16.1. The zero-order valence-corrected chi connectivity index (χ0v) is 13.9. The van der Waals surface area contributed by atoms with Gasteiger partial charge in [-0.1, -0.05) is 18.2 Å². The number of hydrogen-bond donors (Lipinski definition) is 2. The Morgan fingerprint density at radius 2 is 1.92 bits per heavy atom. The lowest BCUT2D eigenvalue weighted by molar-refractivity contribution is 0.174. The summed E-state index contributed by atoms with van der Waals surface area (Å²) in [6.45, 7) is 0.775. The second kappa shape index (κ2) is 7.26. The van der Waals surface area contributed by atoms with E-state index in [4.69, 9.17) is 9.47 Å². The van der Waals surface area contributed by atoms with Gasteiger partial charge in [-0.25, -0.2) is 9.37 Å². The van der Waals surface area contributed by atoms with Gasteiger partial charge in [0.25, 0.3) is 0 Å². The predicted molar refractivity (Wildman–Crippen MR) is 96.5 cm³/mol. The lowest BCUT2D eigenvalue weighted by Crippen LogP contribution is -2.09. The van der Waals surface area contributed by atoms with Crippen molar-refractivity contribution in [2.45, 2.75) is 6.42 Å². The molecule has 0 spiro atoms. The lowest BCUT2D eigenvalue weighted by Gasteiger charge is -2.09. The fourth-order valence-corrected chi connectivity index (χ4v) is 2.65. The van der Waals surface area contributed by atoms with E-state index in [1.165, 1.54) is 6.07 Å². The topological polar surface area (TPSA) is 68.3 Å². The molecule has 7 heteroatoms. The molecule has 0 saturated heterocycles. The summed E-state index contributed by atoms with van der Waals surface area (Å²) in [5, 5.41) is 6.32. The molecule has 26 heavy (non-hydrogen) atoms. The minimum atomic E-state index is -0.201. The molecule has 6 nitrogen and oxygen atoms in total. The fourth-order valence-electron chi connectivity index (χ4n) is 2.65. The van der Waals surface area contributed by atoms with Crippen LogP contribution in [0.4, 0.5) is 21.8 Å². The summed E-state index contributed by atoms with van der Waals surface area (Å²) in [5.41, 5.74) is 1.50. The summed E-state index contributed by atoms with van der Waals surface area (Å²) in [6, 6.07) is 14.1. The van der Waals surface area contributed by atoms with Crippen molar-refractivity contribution < 1.29 is 13.9 Å². The number of nitrogens with one attached hydrogen (secondary N) is 2. The van der Waals surface area contributed by atoms with Gasteiger partial charge >= 0.3 is 0 Å². The molecule has 1 aliphatic rings. The molecular weight excluding hydrogens is 335 g/mol. The van der Waals surface area contributed by atoms with E-state index >= 15 is 0 Å². The van der Waals surface area contributed by atoms with Crippen LogP contribution in [0.5, 0.6) is 11.5 Å². The first-order valence-electron chi connectivity index (χ1n) is 8.25. The number of anilines is 3. The van der Waals surface area contributed by atoms with Crippen molar-refractivity contribution in [3.8, 4) is 11.5 Å². The second-order valence-corrected chi connectivity index (χ2v) is 5.73. The van der Waals surface area contributed by atoms with Gasteiger partial charge in [0, 0.05) is 24.5 Å². The molecule has 3 aromatic rings. The number of benzene rings is 2. The van der Waals surface area contributed by atoms with Crippen LogP contribution in [0.3, 0.4) is 0 Å². The van der Waals surface area contributed by atoms with Crippen LogP contribution in [-0.2, 0) is 6.42 Å². The molecule has 1 aromatic heterocycles. The van der Waals surface area contributed by atoms with Crippen molar-refractivity contribution in [1.82, 2.24) is 9.97 Å². The van der Waals surface area contributed by atoms with Gasteiger partial charge in [0.2, 0.25) is 12.7 Å². The summed E-state index contributed by atoms with van der Waals surface area (Å²) >= 11 is 0. The molecular formula is C19H17FN4O2. The monoisotopic (exact) mass is 352 g/mol. The fraction of sp³-hybridized carbons (Fsp3) is 0.158. The van der Waals surface area contributed by atoms with Crippen molar-refractivity contribution in [2.24, 2.45) is 0 Å². The smallest absolute Gasteiger partial charge is 0.231 e. The van der Waals surface area contributed by atoms with Crippen LogP contribution in [-0.4, -0.2) is 23.3 Å². The van der Waals surface area contributed by atoms with Crippen LogP contribution in [0, 0.1) is 5.82 Å². The lowest BCUT2D eigenvalue weighted by atomic mass is 10.1. The first-order valence-corrected chi connectivity index (χ1v) is 8.25. The van der Waals surface area contributed by atoms with Gasteiger partial charge in [-0.05, 0) is 36.2 Å². The van der Waals surface area contributed by atoms with E-state index in [0.717, 1.165) is 11.4 Å². The third-order valence-electron chi connectivity index (χ3n) is 3.94. The Balaban J connectivity index is 1.38. The summed E-state index contributed by atoms with van der Waals surface area (Å²) in [4.78, 5) is 8.61. The maximum atomic E-state index is 13.6. The maximum absolute atomic E-state index is 13.6. The number of aromatic nitrogens is 2. The number of halogens is 1. The molecule has 0 radical (unpaired) electrons. The summed E-state index contributed by atoms with van der Waals surface area (Å²) in [5.74, 6) is 2.36. The van der Waals surface area contributed by atoms with Crippen molar-refractivity contribution in [2.75, 3.05) is 24.0 Å². The third kappa shape index (κ3) is 3.66. The molecule has 0 saturated carbocycles. The summed E-state index contributed by atoms with van der Waals surface area (Å²) in [7, 11) is 0. The molecule has 0 bridgehead atoms. The van der Waals surface area contributed by atoms with E-state index in [1.54, 1.807) is 24.4 Å². The number of ether oxygens (including phenoxy) is 2. The molecule has 0 unspecified atom stereocenters. The van der Waals surface area contributed by atoms with Crippen LogP contribution < -0.4 is 20.1 Å². The highest BCUT2D eigenvalue weighted by Crippen LogP contribution is 2.34. The first-order chi connectivity index (χ1) is 12.8. The Labute approximate surface area is 150 Å². The molecule has 1 aliphatic heterocycles. The Bertz CT molecular complexity index is 920. The average molecular weight is 352 g/mol. The van der Waals surface area contributed by atoms with Crippen LogP contribution >= 0.6 is 0 Å². The summed E-state index contributed by atoms with van der Waals surface area (Å²) in [6.07, 6.45) is 2.21. The molecule has 132 valence electrons. The molecule has 4 rings (SSSR count).